The van der Waals surface area contributed by atoms with Crippen LogP contribution >= 0.6 is 27.5 Å². The molecule has 0 aliphatic heterocycles. The molecule has 0 aliphatic rings. The monoisotopic (exact) mass is 410 g/mol. The fourth-order valence-corrected chi connectivity index (χ4v) is 2.73. The predicted octanol–water partition coefficient (Wildman–Crippen LogP) is 5.15. The SMILES string of the molecule is O=C(O)Oc1cc(-c2ccc(F)c(Cl)c2)n(-c2cccc(Br)c2)n1. The van der Waals surface area contributed by atoms with Crippen molar-refractivity contribution in [3.05, 3.63) is 63.8 Å². The molecule has 1 N–H and O–H groups in total. The van der Waals surface area contributed by atoms with Crippen LogP contribution in [-0.2, 0) is 0 Å². The van der Waals surface area contributed by atoms with E-state index in [1.165, 1.54) is 28.9 Å². The summed E-state index contributed by atoms with van der Waals surface area (Å²) in [7, 11) is 0. The van der Waals surface area contributed by atoms with Crippen molar-refractivity contribution in [1.82, 2.24) is 9.78 Å². The molecule has 0 spiro atoms. The zero-order valence-corrected chi connectivity index (χ0v) is 14.3. The molecule has 8 heteroatoms. The summed E-state index contributed by atoms with van der Waals surface area (Å²) in [6.45, 7) is 0. The summed E-state index contributed by atoms with van der Waals surface area (Å²) in [4.78, 5) is 10.8. The summed E-state index contributed by atoms with van der Waals surface area (Å²) in [6, 6.07) is 12.9. The van der Waals surface area contributed by atoms with Gasteiger partial charge in [-0.3, -0.25) is 0 Å². The molecule has 5 nitrogen and oxygen atoms in total. The minimum absolute atomic E-state index is 0.0461. The third-order valence-corrected chi connectivity index (χ3v) is 3.93. The fraction of sp³-hybridized carbons (Fsp3) is 0. The Bertz CT molecular complexity index is 929. The number of aromatic nitrogens is 2. The van der Waals surface area contributed by atoms with E-state index < -0.39 is 12.0 Å². The highest BCUT2D eigenvalue weighted by Gasteiger charge is 2.16. The average Bonchev–Trinajstić information content (AvgIpc) is 2.93. The standard InChI is InChI=1S/C16H9BrClFN2O3/c17-10-2-1-3-11(7-10)21-14(8-15(20-21)24-16(22)23)9-4-5-13(19)12(18)6-9/h1-8H,(H,22,23). The van der Waals surface area contributed by atoms with Crippen molar-refractivity contribution in [2.45, 2.75) is 0 Å². The van der Waals surface area contributed by atoms with E-state index >= 15 is 0 Å². The lowest BCUT2D eigenvalue weighted by Crippen LogP contribution is -2.04. The zero-order valence-electron chi connectivity index (χ0n) is 11.9. The van der Waals surface area contributed by atoms with Crippen LogP contribution in [0.5, 0.6) is 5.88 Å². The Morgan fingerprint density at radius 1 is 1.25 bits per heavy atom. The lowest BCUT2D eigenvalue weighted by molar-refractivity contribution is 0.142. The summed E-state index contributed by atoms with van der Waals surface area (Å²) in [5, 5.41) is 12.9. The molecule has 3 aromatic rings. The second-order valence-corrected chi connectivity index (χ2v) is 6.08. The predicted molar refractivity (Wildman–Crippen MR) is 90.3 cm³/mol. The van der Waals surface area contributed by atoms with Gasteiger partial charge in [0.2, 0.25) is 5.88 Å². The first-order chi connectivity index (χ1) is 11.4. The molecule has 0 saturated heterocycles. The largest absolute Gasteiger partial charge is 0.512 e. The van der Waals surface area contributed by atoms with E-state index in [4.69, 9.17) is 16.7 Å². The van der Waals surface area contributed by atoms with Gasteiger partial charge in [-0.25, -0.2) is 13.9 Å². The Morgan fingerprint density at radius 2 is 2.04 bits per heavy atom. The minimum atomic E-state index is -1.47. The van der Waals surface area contributed by atoms with Gasteiger partial charge in [0.15, 0.2) is 0 Å². The maximum absolute atomic E-state index is 13.4. The molecule has 1 aromatic heterocycles. The van der Waals surface area contributed by atoms with Gasteiger partial charge in [0.25, 0.3) is 0 Å². The minimum Gasteiger partial charge on any atom is -0.449 e. The third kappa shape index (κ3) is 3.42. The van der Waals surface area contributed by atoms with E-state index in [9.17, 15) is 9.18 Å². The molecule has 2 aromatic carbocycles. The quantitative estimate of drug-likeness (QED) is 0.605. The zero-order chi connectivity index (χ0) is 17.3. The molecule has 0 radical (unpaired) electrons. The number of halogens is 3. The smallest absolute Gasteiger partial charge is 0.449 e. The maximum Gasteiger partial charge on any atom is 0.512 e. The van der Waals surface area contributed by atoms with Crippen molar-refractivity contribution in [2.24, 2.45) is 0 Å². The van der Waals surface area contributed by atoms with Crippen molar-refractivity contribution in [3.8, 4) is 22.8 Å². The summed E-state index contributed by atoms with van der Waals surface area (Å²) in [6.07, 6.45) is -1.47. The molecule has 0 aliphatic carbocycles. The van der Waals surface area contributed by atoms with Crippen LogP contribution < -0.4 is 4.74 Å². The van der Waals surface area contributed by atoms with Crippen molar-refractivity contribution in [1.29, 1.82) is 0 Å². The number of hydrogen-bond acceptors (Lipinski definition) is 3. The number of carbonyl (C=O) groups is 1. The highest BCUT2D eigenvalue weighted by atomic mass is 79.9. The van der Waals surface area contributed by atoms with Crippen LogP contribution in [0.1, 0.15) is 0 Å². The van der Waals surface area contributed by atoms with Crippen molar-refractivity contribution < 1.29 is 19.0 Å². The van der Waals surface area contributed by atoms with Gasteiger partial charge in [-0.2, -0.15) is 0 Å². The summed E-state index contributed by atoms with van der Waals surface area (Å²) < 4.78 is 20.3. The molecule has 0 bridgehead atoms. The summed E-state index contributed by atoms with van der Waals surface area (Å²) in [5.74, 6) is -0.645. The molecular weight excluding hydrogens is 403 g/mol. The van der Waals surface area contributed by atoms with Gasteiger partial charge in [0.1, 0.15) is 5.82 Å². The van der Waals surface area contributed by atoms with Gasteiger partial charge >= 0.3 is 6.16 Å². The van der Waals surface area contributed by atoms with E-state index in [1.807, 2.05) is 6.07 Å². The van der Waals surface area contributed by atoms with E-state index in [1.54, 1.807) is 18.2 Å². The van der Waals surface area contributed by atoms with E-state index in [2.05, 4.69) is 25.8 Å². The molecule has 1 heterocycles. The Morgan fingerprint density at radius 3 is 2.71 bits per heavy atom. The Labute approximate surface area is 149 Å². The molecule has 0 fully saturated rings. The number of ether oxygens (including phenoxy) is 1. The Balaban J connectivity index is 2.17. The van der Waals surface area contributed by atoms with Crippen LogP contribution in [0.4, 0.5) is 9.18 Å². The topological polar surface area (TPSA) is 64.3 Å². The van der Waals surface area contributed by atoms with Crippen molar-refractivity contribution in [2.75, 3.05) is 0 Å². The third-order valence-electron chi connectivity index (χ3n) is 3.15. The number of nitrogens with zero attached hydrogens (tertiary/aromatic N) is 2. The number of carboxylic acid groups (broad SMARTS) is 1. The molecular formula is C16H9BrClFN2O3. The average molecular weight is 412 g/mol. The normalized spacial score (nSPS) is 10.6. The van der Waals surface area contributed by atoms with Crippen LogP contribution in [0.25, 0.3) is 16.9 Å². The molecule has 0 amide bonds. The first kappa shape index (κ1) is 16.5. The van der Waals surface area contributed by atoms with Crippen LogP contribution in [0.3, 0.4) is 0 Å². The van der Waals surface area contributed by atoms with Crippen LogP contribution in [-0.4, -0.2) is 21.0 Å². The second kappa shape index (κ2) is 6.62. The lowest BCUT2D eigenvalue weighted by atomic mass is 10.1. The van der Waals surface area contributed by atoms with Crippen molar-refractivity contribution in [3.63, 3.8) is 0 Å². The summed E-state index contributed by atoms with van der Waals surface area (Å²) >= 11 is 9.21. The first-order valence-electron chi connectivity index (χ1n) is 6.66. The van der Waals surface area contributed by atoms with Crippen LogP contribution in [0, 0.1) is 5.82 Å². The number of rotatable bonds is 3. The molecule has 0 unspecified atom stereocenters. The van der Waals surface area contributed by atoms with E-state index in [0.29, 0.717) is 16.9 Å². The van der Waals surface area contributed by atoms with Gasteiger partial charge in [0, 0.05) is 16.1 Å². The molecule has 122 valence electrons. The highest BCUT2D eigenvalue weighted by Crippen LogP contribution is 2.30. The second-order valence-electron chi connectivity index (χ2n) is 4.76. The Kier molecular flexibility index (Phi) is 4.55. The molecule has 3 rings (SSSR count). The fourth-order valence-electron chi connectivity index (χ4n) is 2.16. The Hall–Kier alpha value is -2.38. The molecule has 0 saturated carbocycles. The summed E-state index contributed by atoms with van der Waals surface area (Å²) in [5.41, 5.74) is 1.74. The lowest BCUT2D eigenvalue weighted by Gasteiger charge is -2.08. The number of benzene rings is 2. The van der Waals surface area contributed by atoms with Crippen LogP contribution in [0.2, 0.25) is 5.02 Å². The molecule has 0 atom stereocenters. The highest BCUT2D eigenvalue weighted by molar-refractivity contribution is 9.10. The van der Waals surface area contributed by atoms with Crippen molar-refractivity contribution >= 4 is 33.7 Å². The first-order valence-corrected chi connectivity index (χ1v) is 7.83. The van der Waals surface area contributed by atoms with Gasteiger partial charge < -0.3 is 9.84 Å². The number of hydrogen-bond donors (Lipinski definition) is 1. The van der Waals surface area contributed by atoms with Crippen LogP contribution in [0.15, 0.2) is 53.0 Å². The maximum atomic E-state index is 13.4. The van der Waals surface area contributed by atoms with E-state index in [0.717, 1.165) is 4.47 Å². The van der Waals surface area contributed by atoms with Gasteiger partial charge in [-0.15, -0.1) is 5.10 Å². The van der Waals surface area contributed by atoms with Gasteiger partial charge in [-0.05, 0) is 36.4 Å². The van der Waals surface area contributed by atoms with E-state index in [-0.39, 0.29) is 10.9 Å². The molecule has 24 heavy (non-hydrogen) atoms. The van der Waals surface area contributed by atoms with Gasteiger partial charge in [0.05, 0.1) is 16.4 Å². The van der Waals surface area contributed by atoms with Gasteiger partial charge in [-0.1, -0.05) is 33.6 Å².